The quantitative estimate of drug-likeness (QED) is 0.679. The molecule has 0 aliphatic heterocycles. The Balaban J connectivity index is 1.63. The van der Waals surface area contributed by atoms with Gasteiger partial charge in [0, 0.05) is 12.2 Å². The first-order valence-electron chi connectivity index (χ1n) is 8.42. The number of carbonyl (C=O) groups is 1. The fourth-order valence-electron chi connectivity index (χ4n) is 2.51. The van der Waals surface area contributed by atoms with Gasteiger partial charge in [0.15, 0.2) is 0 Å². The van der Waals surface area contributed by atoms with Crippen LogP contribution in [0.2, 0.25) is 0 Å². The number of nitrogens with one attached hydrogen (secondary N) is 2. The average Bonchev–Trinajstić information content (AvgIpc) is 2.67. The van der Waals surface area contributed by atoms with E-state index in [0.29, 0.717) is 6.54 Å². The normalized spacial score (nSPS) is 11.1. The molecule has 3 aromatic rings. The van der Waals surface area contributed by atoms with Crippen molar-refractivity contribution in [3.05, 3.63) is 83.3 Å². The van der Waals surface area contributed by atoms with E-state index >= 15 is 0 Å². The van der Waals surface area contributed by atoms with E-state index in [2.05, 4.69) is 20.6 Å². The number of aryl methyl sites for hydroxylation is 1. The standard InChI is InChI=1S/C20H17F3N4O/c1-13-5-2-3-6-14(13)10-26-19(28)17-11-25-18(12-24-17)27-16-8-4-7-15(9-16)20(21,22)23/h2-9,11-12H,10H2,1H3,(H,25,27)(H,26,28). The summed E-state index contributed by atoms with van der Waals surface area (Å²) in [6.45, 7) is 2.31. The van der Waals surface area contributed by atoms with Crippen LogP contribution in [0.1, 0.15) is 27.2 Å². The molecule has 0 radical (unpaired) electrons. The molecular formula is C20H17F3N4O. The van der Waals surface area contributed by atoms with E-state index < -0.39 is 11.7 Å². The summed E-state index contributed by atoms with van der Waals surface area (Å²) in [5, 5.41) is 5.51. The third-order valence-electron chi connectivity index (χ3n) is 4.05. The van der Waals surface area contributed by atoms with Gasteiger partial charge in [-0.05, 0) is 36.2 Å². The molecular weight excluding hydrogens is 369 g/mol. The molecule has 28 heavy (non-hydrogen) atoms. The van der Waals surface area contributed by atoms with Crippen molar-refractivity contribution < 1.29 is 18.0 Å². The van der Waals surface area contributed by atoms with Crippen molar-refractivity contribution in [1.29, 1.82) is 0 Å². The highest BCUT2D eigenvalue weighted by Crippen LogP contribution is 2.31. The fourth-order valence-corrected chi connectivity index (χ4v) is 2.51. The molecule has 0 unspecified atom stereocenters. The molecule has 0 aliphatic carbocycles. The topological polar surface area (TPSA) is 66.9 Å². The van der Waals surface area contributed by atoms with Crippen LogP contribution in [0.25, 0.3) is 0 Å². The summed E-state index contributed by atoms with van der Waals surface area (Å²) in [4.78, 5) is 20.3. The number of benzene rings is 2. The molecule has 1 heterocycles. The zero-order chi connectivity index (χ0) is 20.1. The van der Waals surface area contributed by atoms with E-state index in [1.165, 1.54) is 24.5 Å². The third kappa shape index (κ3) is 4.85. The lowest BCUT2D eigenvalue weighted by molar-refractivity contribution is -0.137. The number of alkyl halides is 3. The molecule has 0 saturated carbocycles. The van der Waals surface area contributed by atoms with Gasteiger partial charge in [-0.25, -0.2) is 9.97 Å². The number of nitrogens with zero attached hydrogens (tertiary/aromatic N) is 2. The molecule has 2 aromatic carbocycles. The second kappa shape index (κ2) is 8.08. The van der Waals surface area contributed by atoms with Crippen LogP contribution in [0.15, 0.2) is 60.9 Å². The highest BCUT2D eigenvalue weighted by atomic mass is 19.4. The zero-order valence-corrected chi connectivity index (χ0v) is 14.9. The van der Waals surface area contributed by atoms with Gasteiger partial charge in [-0.3, -0.25) is 4.79 Å². The number of aromatic nitrogens is 2. The number of hydrogen-bond acceptors (Lipinski definition) is 4. The smallest absolute Gasteiger partial charge is 0.347 e. The first-order valence-corrected chi connectivity index (χ1v) is 8.42. The predicted octanol–water partition coefficient (Wildman–Crippen LogP) is 4.48. The van der Waals surface area contributed by atoms with E-state index in [1.807, 2.05) is 31.2 Å². The van der Waals surface area contributed by atoms with E-state index in [-0.39, 0.29) is 23.1 Å². The van der Waals surface area contributed by atoms with Gasteiger partial charge in [0.05, 0.1) is 18.0 Å². The van der Waals surface area contributed by atoms with Gasteiger partial charge < -0.3 is 10.6 Å². The first-order chi connectivity index (χ1) is 13.3. The predicted molar refractivity (Wildman–Crippen MR) is 99.1 cm³/mol. The fraction of sp³-hybridized carbons (Fsp3) is 0.150. The van der Waals surface area contributed by atoms with Crippen molar-refractivity contribution in [2.75, 3.05) is 5.32 Å². The van der Waals surface area contributed by atoms with E-state index in [1.54, 1.807) is 0 Å². The third-order valence-corrected chi connectivity index (χ3v) is 4.05. The Morgan fingerprint density at radius 2 is 1.82 bits per heavy atom. The van der Waals surface area contributed by atoms with Gasteiger partial charge in [-0.15, -0.1) is 0 Å². The van der Waals surface area contributed by atoms with Gasteiger partial charge in [0.2, 0.25) is 0 Å². The maximum Gasteiger partial charge on any atom is 0.416 e. The molecule has 0 atom stereocenters. The Morgan fingerprint density at radius 1 is 1.04 bits per heavy atom. The van der Waals surface area contributed by atoms with Gasteiger partial charge in [0.25, 0.3) is 5.91 Å². The highest BCUT2D eigenvalue weighted by Gasteiger charge is 2.30. The van der Waals surface area contributed by atoms with Crippen LogP contribution in [-0.2, 0) is 12.7 Å². The molecule has 0 fully saturated rings. The molecule has 2 N–H and O–H groups in total. The number of carbonyl (C=O) groups excluding carboxylic acids is 1. The molecule has 5 nitrogen and oxygen atoms in total. The SMILES string of the molecule is Cc1ccccc1CNC(=O)c1cnc(Nc2cccc(C(F)(F)F)c2)cn1. The molecule has 144 valence electrons. The van der Waals surface area contributed by atoms with Crippen molar-refractivity contribution in [1.82, 2.24) is 15.3 Å². The molecule has 1 aromatic heterocycles. The van der Waals surface area contributed by atoms with Gasteiger partial charge >= 0.3 is 6.18 Å². The Kier molecular flexibility index (Phi) is 5.58. The maximum atomic E-state index is 12.8. The van der Waals surface area contributed by atoms with Crippen molar-refractivity contribution >= 4 is 17.4 Å². The minimum Gasteiger partial charge on any atom is -0.347 e. The molecule has 1 amide bonds. The van der Waals surface area contributed by atoms with Crippen LogP contribution >= 0.6 is 0 Å². The highest BCUT2D eigenvalue weighted by molar-refractivity contribution is 5.92. The second-order valence-corrected chi connectivity index (χ2v) is 6.10. The summed E-state index contributed by atoms with van der Waals surface area (Å²) in [6.07, 6.45) is -1.87. The lowest BCUT2D eigenvalue weighted by Gasteiger charge is -2.10. The number of halogens is 3. The number of hydrogen-bond donors (Lipinski definition) is 2. The summed E-state index contributed by atoms with van der Waals surface area (Å²) < 4.78 is 38.3. The molecule has 0 bridgehead atoms. The minimum atomic E-state index is -4.43. The molecule has 8 heteroatoms. The number of anilines is 2. The van der Waals surface area contributed by atoms with Crippen molar-refractivity contribution in [3.63, 3.8) is 0 Å². The number of amides is 1. The summed E-state index contributed by atoms with van der Waals surface area (Å²) in [5.74, 6) is -0.156. The van der Waals surface area contributed by atoms with Gasteiger partial charge in [0.1, 0.15) is 11.5 Å². The van der Waals surface area contributed by atoms with Gasteiger partial charge in [-0.2, -0.15) is 13.2 Å². The molecule has 0 saturated heterocycles. The second-order valence-electron chi connectivity index (χ2n) is 6.10. The number of rotatable bonds is 5. The van der Waals surface area contributed by atoms with E-state index in [0.717, 1.165) is 23.3 Å². The molecule has 0 aliphatic rings. The Hall–Kier alpha value is -3.42. The summed E-state index contributed by atoms with van der Waals surface area (Å²) in [6, 6.07) is 12.4. The lowest BCUT2D eigenvalue weighted by atomic mass is 10.1. The van der Waals surface area contributed by atoms with Gasteiger partial charge in [-0.1, -0.05) is 30.3 Å². The van der Waals surface area contributed by atoms with Crippen LogP contribution in [0, 0.1) is 6.92 Å². The van der Waals surface area contributed by atoms with Crippen molar-refractivity contribution in [2.24, 2.45) is 0 Å². The lowest BCUT2D eigenvalue weighted by Crippen LogP contribution is -2.24. The summed E-state index contributed by atoms with van der Waals surface area (Å²) in [5.41, 5.74) is 1.63. The van der Waals surface area contributed by atoms with E-state index in [9.17, 15) is 18.0 Å². The monoisotopic (exact) mass is 386 g/mol. The van der Waals surface area contributed by atoms with Crippen molar-refractivity contribution in [2.45, 2.75) is 19.6 Å². The van der Waals surface area contributed by atoms with Crippen LogP contribution in [-0.4, -0.2) is 15.9 Å². The Bertz CT molecular complexity index is 972. The minimum absolute atomic E-state index is 0.114. The van der Waals surface area contributed by atoms with Crippen LogP contribution in [0.5, 0.6) is 0 Å². The average molecular weight is 386 g/mol. The Morgan fingerprint density at radius 3 is 2.50 bits per heavy atom. The van der Waals surface area contributed by atoms with E-state index in [4.69, 9.17) is 0 Å². The zero-order valence-electron chi connectivity index (χ0n) is 14.9. The van der Waals surface area contributed by atoms with Crippen LogP contribution < -0.4 is 10.6 Å². The van der Waals surface area contributed by atoms with Crippen LogP contribution in [0.3, 0.4) is 0 Å². The summed E-state index contributed by atoms with van der Waals surface area (Å²) in [7, 11) is 0. The van der Waals surface area contributed by atoms with Crippen LogP contribution in [0.4, 0.5) is 24.7 Å². The maximum absolute atomic E-state index is 12.8. The molecule has 3 rings (SSSR count). The largest absolute Gasteiger partial charge is 0.416 e. The van der Waals surface area contributed by atoms with Crippen molar-refractivity contribution in [3.8, 4) is 0 Å². The summed E-state index contributed by atoms with van der Waals surface area (Å²) >= 11 is 0. The molecule has 0 spiro atoms. The first kappa shape index (κ1) is 19.3. The Labute approximate surface area is 159 Å².